The maximum absolute atomic E-state index is 11.5. The van der Waals surface area contributed by atoms with Gasteiger partial charge < -0.3 is 15.5 Å². The Labute approximate surface area is 145 Å². The Kier molecular flexibility index (Phi) is 3.85. The van der Waals surface area contributed by atoms with Crippen LogP contribution < -0.4 is 10.6 Å². The molecule has 1 fully saturated rings. The number of aromatic nitrogens is 3. The fraction of sp³-hybridized carbons (Fsp3) is 0.278. The van der Waals surface area contributed by atoms with Crippen molar-refractivity contribution in [3.8, 4) is 11.3 Å². The molecule has 25 heavy (non-hydrogen) atoms. The van der Waals surface area contributed by atoms with Crippen molar-refractivity contribution in [1.29, 1.82) is 0 Å². The summed E-state index contributed by atoms with van der Waals surface area (Å²) in [7, 11) is 2.15. The molecule has 128 valence electrons. The van der Waals surface area contributed by atoms with E-state index in [1.165, 1.54) is 12.0 Å². The molecule has 0 aliphatic carbocycles. The van der Waals surface area contributed by atoms with E-state index in [4.69, 9.17) is 5.73 Å². The largest absolute Gasteiger partial charge is 0.369 e. The molecule has 7 nitrogen and oxygen atoms in total. The first-order chi connectivity index (χ1) is 12.1. The Bertz CT molecular complexity index is 909. The van der Waals surface area contributed by atoms with Gasteiger partial charge in [-0.1, -0.05) is 12.1 Å². The van der Waals surface area contributed by atoms with Crippen molar-refractivity contribution in [3.05, 3.63) is 48.3 Å². The third-order valence-electron chi connectivity index (χ3n) is 4.72. The van der Waals surface area contributed by atoms with Gasteiger partial charge in [0, 0.05) is 37.4 Å². The number of likely N-dealkylation sites (N-methyl/N-ethyl adjacent to an activating group) is 1. The predicted molar refractivity (Wildman–Crippen MR) is 96.7 cm³/mol. The summed E-state index contributed by atoms with van der Waals surface area (Å²) in [5, 5.41) is 4.24. The molecule has 2 N–H and O–H groups in total. The van der Waals surface area contributed by atoms with Crippen LogP contribution >= 0.6 is 0 Å². The fourth-order valence-corrected chi connectivity index (χ4v) is 3.23. The first kappa shape index (κ1) is 15.6. The van der Waals surface area contributed by atoms with Gasteiger partial charge in [0.1, 0.15) is 6.33 Å². The molecule has 1 aliphatic heterocycles. The molecule has 0 bridgehead atoms. The lowest BCUT2D eigenvalue weighted by Crippen LogP contribution is -2.44. The van der Waals surface area contributed by atoms with E-state index < -0.39 is 5.91 Å². The minimum absolute atomic E-state index is 0.371. The van der Waals surface area contributed by atoms with Gasteiger partial charge >= 0.3 is 0 Å². The van der Waals surface area contributed by atoms with Crippen molar-refractivity contribution in [2.75, 3.05) is 38.1 Å². The van der Waals surface area contributed by atoms with Gasteiger partial charge in [0.25, 0.3) is 5.91 Å². The number of rotatable bonds is 3. The van der Waals surface area contributed by atoms with Crippen LogP contribution in [0.3, 0.4) is 0 Å². The smallest absolute Gasteiger partial charge is 0.252 e. The second-order valence-corrected chi connectivity index (χ2v) is 6.33. The molecule has 2 aromatic heterocycles. The highest BCUT2D eigenvalue weighted by atomic mass is 16.1. The van der Waals surface area contributed by atoms with Gasteiger partial charge in [-0.3, -0.25) is 4.79 Å². The number of carbonyl (C=O) groups is 1. The van der Waals surface area contributed by atoms with Crippen LogP contribution in [0.4, 0.5) is 5.69 Å². The Morgan fingerprint density at radius 3 is 2.44 bits per heavy atom. The normalized spacial score (nSPS) is 15.6. The van der Waals surface area contributed by atoms with Crippen LogP contribution in [0.15, 0.2) is 42.7 Å². The summed E-state index contributed by atoms with van der Waals surface area (Å²) < 4.78 is 1.66. The minimum atomic E-state index is -0.505. The Hall–Kier alpha value is -2.93. The van der Waals surface area contributed by atoms with Crippen LogP contribution in [-0.2, 0) is 0 Å². The number of amides is 1. The summed E-state index contributed by atoms with van der Waals surface area (Å²) in [6, 6.07) is 12.0. The highest BCUT2D eigenvalue weighted by Crippen LogP contribution is 2.25. The van der Waals surface area contributed by atoms with Gasteiger partial charge in [0.05, 0.1) is 11.3 Å². The molecule has 3 heterocycles. The Morgan fingerprint density at radius 2 is 1.76 bits per heavy atom. The van der Waals surface area contributed by atoms with Gasteiger partial charge in [-0.2, -0.15) is 5.10 Å². The topological polar surface area (TPSA) is 79.8 Å². The zero-order chi connectivity index (χ0) is 17.4. The summed E-state index contributed by atoms with van der Waals surface area (Å²) in [5.41, 5.74) is 9.38. The van der Waals surface area contributed by atoms with Gasteiger partial charge in [-0.15, -0.1) is 0 Å². The van der Waals surface area contributed by atoms with Gasteiger partial charge in [-0.25, -0.2) is 9.50 Å². The Morgan fingerprint density at radius 1 is 1.04 bits per heavy atom. The summed E-state index contributed by atoms with van der Waals surface area (Å²) in [4.78, 5) is 20.4. The van der Waals surface area contributed by atoms with Crippen molar-refractivity contribution in [2.45, 2.75) is 0 Å². The molecule has 0 radical (unpaired) electrons. The molecular weight excluding hydrogens is 316 g/mol. The maximum Gasteiger partial charge on any atom is 0.252 e. The van der Waals surface area contributed by atoms with Crippen molar-refractivity contribution >= 4 is 17.2 Å². The number of anilines is 1. The highest BCUT2D eigenvalue weighted by molar-refractivity contribution is 5.99. The molecule has 1 aromatic carbocycles. The third-order valence-corrected chi connectivity index (χ3v) is 4.72. The molecule has 4 rings (SSSR count). The van der Waals surface area contributed by atoms with Crippen molar-refractivity contribution in [3.63, 3.8) is 0 Å². The Balaban J connectivity index is 1.67. The van der Waals surface area contributed by atoms with E-state index in [0.29, 0.717) is 11.2 Å². The van der Waals surface area contributed by atoms with E-state index in [0.717, 1.165) is 37.4 Å². The zero-order valence-electron chi connectivity index (χ0n) is 14.1. The molecule has 0 atom stereocenters. The number of piperazine rings is 1. The van der Waals surface area contributed by atoms with Crippen LogP contribution in [0.25, 0.3) is 16.9 Å². The van der Waals surface area contributed by atoms with E-state index in [-0.39, 0.29) is 0 Å². The standard InChI is InChI=1S/C18H20N6O/c1-22-8-10-23(11-9-22)14-4-2-13(3-5-14)16-7-6-15(17(19)25)18-20-12-21-24(16)18/h2-7,12H,8-11H2,1H3,(H2,19,25). The third kappa shape index (κ3) is 2.83. The molecule has 0 unspecified atom stereocenters. The van der Waals surface area contributed by atoms with E-state index >= 15 is 0 Å². The monoisotopic (exact) mass is 336 g/mol. The van der Waals surface area contributed by atoms with Crippen LogP contribution in [0.1, 0.15) is 10.4 Å². The maximum atomic E-state index is 11.5. The molecule has 3 aromatic rings. The van der Waals surface area contributed by atoms with Crippen LogP contribution in [-0.4, -0.2) is 58.6 Å². The van der Waals surface area contributed by atoms with Crippen molar-refractivity contribution in [1.82, 2.24) is 19.5 Å². The van der Waals surface area contributed by atoms with E-state index in [2.05, 4.69) is 51.2 Å². The van der Waals surface area contributed by atoms with Gasteiger partial charge in [-0.05, 0) is 31.3 Å². The summed E-state index contributed by atoms with van der Waals surface area (Å²) in [6.07, 6.45) is 1.43. The van der Waals surface area contributed by atoms with Gasteiger partial charge in [0.15, 0.2) is 5.65 Å². The van der Waals surface area contributed by atoms with Crippen LogP contribution in [0.2, 0.25) is 0 Å². The number of pyridine rings is 1. The highest BCUT2D eigenvalue weighted by Gasteiger charge is 2.16. The molecule has 1 aliphatic rings. The van der Waals surface area contributed by atoms with Gasteiger partial charge in [0.2, 0.25) is 0 Å². The lowest BCUT2D eigenvalue weighted by molar-refractivity contribution is 0.100. The molecule has 0 spiro atoms. The fourth-order valence-electron chi connectivity index (χ4n) is 3.23. The quantitative estimate of drug-likeness (QED) is 0.778. The SMILES string of the molecule is CN1CCN(c2ccc(-c3ccc(C(N)=O)c4ncnn34)cc2)CC1. The lowest BCUT2D eigenvalue weighted by Gasteiger charge is -2.34. The molecule has 1 amide bonds. The van der Waals surface area contributed by atoms with Crippen LogP contribution in [0, 0.1) is 0 Å². The number of nitrogens with two attached hydrogens (primary N) is 1. The molecule has 7 heteroatoms. The number of hydrogen-bond donors (Lipinski definition) is 1. The second-order valence-electron chi connectivity index (χ2n) is 6.33. The van der Waals surface area contributed by atoms with Crippen molar-refractivity contribution in [2.24, 2.45) is 5.73 Å². The first-order valence-electron chi connectivity index (χ1n) is 8.30. The van der Waals surface area contributed by atoms with E-state index in [9.17, 15) is 4.79 Å². The molecular formula is C18H20N6O. The minimum Gasteiger partial charge on any atom is -0.369 e. The predicted octanol–water partition coefficient (Wildman–Crippen LogP) is 1.25. The van der Waals surface area contributed by atoms with E-state index in [1.807, 2.05) is 6.07 Å². The number of benzene rings is 1. The summed E-state index contributed by atoms with van der Waals surface area (Å²) >= 11 is 0. The summed E-state index contributed by atoms with van der Waals surface area (Å²) in [6.45, 7) is 4.23. The average molecular weight is 336 g/mol. The second kappa shape index (κ2) is 6.18. The van der Waals surface area contributed by atoms with E-state index in [1.54, 1.807) is 10.6 Å². The number of primary amides is 1. The van der Waals surface area contributed by atoms with Crippen molar-refractivity contribution < 1.29 is 4.79 Å². The zero-order valence-corrected chi connectivity index (χ0v) is 14.1. The lowest BCUT2D eigenvalue weighted by atomic mass is 10.1. The first-order valence-corrected chi connectivity index (χ1v) is 8.30. The molecule has 1 saturated heterocycles. The number of fused-ring (bicyclic) bond motifs is 1. The number of hydrogen-bond acceptors (Lipinski definition) is 5. The molecule has 0 saturated carbocycles. The average Bonchev–Trinajstić information content (AvgIpc) is 3.11. The summed E-state index contributed by atoms with van der Waals surface area (Å²) in [5.74, 6) is -0.505. The van der Waals surface area contributed by atoms with Crippen LogP contribution in [0.5, 0.6) is 0 Å². The number of nitrogens with zero attached hydrogens (tertiary/aromatic N) is 5. The number of carbonyl (C=O) groups excluding carboxylic acids is 1.